The van der Waals surface area contributed by atoms with Crippen LogP contribution in [0.5, 0.6) is 0 Å². The van der Waals surface area contributed by atoms with Crippen molar-refractivity contribution in [2.45, 2.75) is 32.7 Å². The van der Waals surface area contributed by atoms with Gasteiger partial charge in [0.05, 0.1) is 6.04 Å². The number of nitrogens with two attached hydrogens (primary N) is 1. The van der Waals surface area contributed by atoms with Crippen molar-refractivity contribution in [1.82, 2.24) is 20.5 Å². The number of amides is 1. The van der Waals surface area contributed by atoms with Crippen molar-refractivity contribution in [3.05, 3.63) is 12.2 Å². The van der Waals surface area contributed by atoms with Crippen LogP contribution in [0.25, 0.3) is 0 Å². The molecule has 2 unspecified atom stereocenters. The highest BCUT2D eigenvalue weighted by atomic mass is 16.2. The van der Waals surface area contributed by atoms with Gasteiger partial charge < -0.3 is 11.1 Å². The van der Waals surface area contributed by atoms with Crippen LogP contribution in [0.1, 0.15) is 26.1 Å². The summed E-state index contributed by atoms with van der Waals surface area (Å²) in [6, 6.07) is -0.431. The van der Waals surface area contributed by atoms with Crippen molar-refractivity contribution in [3.8, 4) is 0 Å². The molecule has 0 radical (unpaired) electrons. The first-order valence-corrected chi connectivity index (χ1v) is 5.52. The Balaban J connectivity index is 2.24. The third-order valence-electron chi connectivity index (χ3n) is 2.69. The number of H-pyrrole nitrogens is 1. The Hall–Kier alpha value is -1.43. The van der Waals surface area contributed by atoms with E-state index in [0.717, 1.165) is 12.2 Å². The van der Waals surface area contributed by atoms with Gasteiger partial charge in [0.2, 0.25) is 5.91 Å². The average molecular weight is 225 g/mol. The van der Waals surface area contributed by atoms with Crippen LogP contribution < -0.4 is 11.1 Å². The molecular weight excluding hydrogens is 206 g/mol. The van der Waals surface area contributed by atoms with Gasteiger partial charge in [-0.15, -0.1) is 0 Å². The molecule has 0 aliphatic rings. The minimum Gasteiger partial charge on any atom is -0.354 e. The summed E-state index contributed by atoms with van der Waals surface area (Å²) in [6.45, 7) is 4.52. The maximum Gasteiger partial charge on any atom is 0.237 e. The number of hydrogen-bond donors (Lipinski definition) is 3. The largest absolute Gasteiger partial charge is 0.354 e. The van der Waals surface area contributed by atoms with Crippen LogP contribution in [-0.4, -0.2) is 33.7 Å². The summed E-state index contributed by atoms with van der Waals surface area (Å²) in [6.07, 6.45) is 2.98. The molecule has 16 heavy (non-hydrogen) atoms. The number of nitrogens with one attached hydrogen (secondary N) is 2. The summed E-state index contributed by atoms with van der Waals surface area (Å²) < 4.78 is 0. The van der Waals surface area contributed by atoms with Crippen LogP contribution in [0.3, 0.4) is 0 Å². The van der Waals surface area contributed by atoms with E-state index in [4.69, 9.17) is 5.73 Å². The van der Waals surface area contributed by atoms with E-state index >= 15 is 0 Å². The number of rotatable bonds is 6. The van der Waals surface area contributed by atoms with Crippen molar-refractivity contribution in [3.63, 3.8) is 0 Å². The first-order valence-electron chi connectivity index (χ1n) is 5.52. The van der Waals surface area contributed by atoms with Crippen molar-refractivity contribution >= 4 is 5.91 Å². The SMILES string of the molecule is CCC(C)C(N)C(=O)NCCc1ncn[nH]1. The quantitative estimate of drug-likeness (QED) is 0.626. The number of hydrogen-bond acceptors (Lipinski definition) is 4. The predicted octanol–water partition coefficient (Wildman–Crippen LogP) is -0.163. The van der Waals surface area contributed by atoms with E-state index in [9.17, 15) is 4.79 Å². The molecule has 0 aliphatic carbocycles. The molecule has 6 nitrogen and oxygen atoms in total. The first-order chi connectivity index (χ1) is 7.65. The van der Waals surface area contributed by atoms with Gasteiger partial charge in [0.1, 0.15) is 12.2 Å². The fraction of sp³-hybridized carbons (Fsp3) is 0.700. The summed E-state index contributed by atoms with van der Waals surface area (Å²) in [5.74, 6) is 0.858. The third-order valence-corrected chi connectivity index (χ3v) is 2.69. The van der Waals surface area contributed by atoms with Crippen LogP contribution in [0.15, 0.2) is 6.33 Å². The highest BCUT2D eigenvalue weighted by Gasteiger charge is 2.18. The van der Waals surface area contributed by atoms with Crippen molar-refractivity contribution in [1.29, 1.82) is 0 Å². The van der Waals surface area contributed by atoms with Gasteiger partial charge in [0, 0.05) is 13.0 Å². The highest BCUT2D eigenvalue weighted by molar-refractivity contribution is 5.81. The lowest BCUT2D eigenvalue weighted by Gasteiger charge is -2.17. The molecule has 0 saturated heterocycles. The van der Waals surface area contributed by atoms with E-state index in [0.29, 0.717) is 13.0 Å². The molecule has 90 valence electrons. The summed E-state index contributed by atoms with van der Waals surface area (Å²) in [5, 5.41) is 9.24. The van der Waals surface area contributed by atoms with Crippen molar-refractivity contribution < 1.29 is 4.79 Å². The molecule has 0 fully saturated rings. The zero-order valence-corrected chi connectivity index (χ0v) is 9.73. The molecule has 0 bridgehead atoms. The van der Waals surface area contributed by atoms with E-state index in [1.165, 1.54) is 6.33 Å². The fourth-order valence-corrected chi connectivity index (χ4v) is 1.29. The topological polar surface area (TPSA) is 96.7 Å². The van der Waals surface area contributed by atoms with Gasteiger partial charge in [0.15, 0.2) is 0 Å². The Morgan fingerprint density at radius 2 is 2.44 bits per heavy atom. The van der Waals surface area contributed by atoms with Crippen molar-refractivity contribution in [2.24, 2.45) is 11.7 Å². The molecule has 1 rings (SSSR count). The Morgan fingerprint density at radius 1 is 1.69 bits per heavy atom. The van der Waals surface area contributed by atoms with Gasteiger partial charge in [-0.25, -0.2) is 4.98 Å². The molecule has 0 aromatic carbocycles. The average Bonchev–Trinajstić information content (AvgIpc) is 2.79. The van der Waals surface area contributed by atoms with Crippen LogP contribution in [0.2, 0.25) is 0 Å². The molecule has 2 atom stereocenters. The molecule has 1 aromatic heterocycles. The van der Waals surface area contributed by atoms with E-state index < -0.39 is 6.04 Å². The Bertz CT molecular complexity index is 311. The van der Waals surface area contributed by atoms with E-state index in [-0.39, 0.29) is 11.8 Å². The van der Waals surface area contributed by atoms with Gasteiger partial charge in [-0.1, -0.05) is 20.3 Å². The summed E-state index contributed by atoms with van der Waals surface area (Å²) in [4.78, 5) is 15.5. The van der Waals surface area contributed by atoms with E-state index in [1.54, 1.807) is 0 Å². The lowest BCUT2D eigenvalue weighted by molar-refractivity contribution is -0.123. The first kappa shape index (κ1) is 12.6. The molecule has 0 saturated carbocycles. The predicted molar refractivity (Wildman–Crippen MR) is 60.5 cm³/mol. The van der Waals surface area contributed by atoms with Gasteiger partial charge in [-0.2, -0.15) is 5.10 Å². The highest BCUT2D eigenvalue weighted by Crippen LogP contribution is 2.04. The summed E-state index contributed by atoms with van der Waals surface area (Å²) in [7, 11) is 0. The van der Waals surface area contributed by atoms with Crippen LogP contribution in [-0.2, 0) is 11.2 Å². The van der Waals surface area contributed by atoms with Crippen molar-refractivity contribution in [2.75, 3.05) is 6.54 Å². The standard InChI is InChI=1S/C10H19N5O/c1-3-7(2)9(11)10(16)12-5-4-8-13-6-14-15-8/h6-7,9H,3-5,11H2,1-2H3,(H,12,16)(H,13,14,15). The monoisotopic (exact) mass is 225 g/mol. The Kier molecular flexibility index (Phi) is 4.91. The minimum absolute atomic E-state index is 0.103. The van der Waals surface area contributed by atoms with Gasteiger partial charge in [0.25, 0.3) is 0 Å². The maximum absolute atomic E-state index is 11.6. The Morgan fingerprint density at radius 3 is 3.00 bits per heavy atom. The van der Waals surface area contributed by atoms with E-state index in [1.807, 2.05) is 13.8 Å². The van der Waals surface area contributed by atoms with Gasteiger partial charge in [-0.05, 0) is 5.92 Å². The van der Waals surface area contributed by atoms with Crippen LogP contribution in [0, 0.1) is 5.92 Å². The summed E-state index contributed by atoms with van der Waals surface area (Å²) in [5.41, 5.74) is 5.78. The smallest absolute Gasteiger partial charge is 0.237 e. The second-order valence-electron chi connectivity index (χ2n) is 3.88. The molecule has 1 aromatic rings. The van der Waals surface area contributed by atoms with Crippen LogP contribution >= 0.6 is 0 Å². The molecule has 4 N–H and O–H groups in total. The second kappa shape index (κ2) is 6.22. The maximum atomic E-state index is 11.6. The van der Waals surface area contributed by atoms with Crippen LogP contribution in [0.4, 0.5) is 0 Å². The number of carbonyl (C=O) groups excluding carboxylic acids is 1. The molecule has 0 spiro atoms. The normalized spacial score (nSPS) is 14.4. The number of carbonyl (C=O) groups is 1. The lowest BCUT2D eigenvalue weighted by atomic mass is 9.99. The molecule has 1 amide bonds. The van der Waals surface area contributed by atoms with Gasteiger partial charge in [-0.3, -0.25) is 9.89 Å². The Labute approximate surface area is 95.0 Å². The number of aromatic amines is 1. The zero-order chi connectivity index (χ0) is 12.0. The molecule has 6 heteroatoms. The molecule has 0 aliphatic heterocycles. The fourth-order valence-electron chi connectivity index (χ4n) is 1.29. The summed E-state index contributed by atoms with van der Waals surface area (Å²) >= 11 is 0. The van der Waals surface area contributed by atoms with Gasteiger partial charge >= 0.3 is 0 Å². The molecule has 1 heterocycles. The van der Waals surface area contributed by atoms with E-state index in [2.05, 4.69) is 20.5 Å². The number of aromatic nitrogens is 3. The lowest BCUT2D eigenvalue weighted by Crippen LogP contribution is -2.45. The number of nitrogens with zero attached hydrogens (tertiary/aromatic N) is 2. The third kappa shape index (κ3) is 3.62. The zero-order valence-electron chi connectivity index (χ0n) is 9.73. The minimum atomic E-state index is -0.431. The molecular formula is C10H19N5O. The second-order valence-corrected chi connectivity index (χ2v) is 3.88.